The summed E-state index contributed by atoms with van der Waals surface area (Å²) < 4.78 is 7.75. The molecule has 0 fully saturated rings. The number of hydrogen-bond donors (Lipinski definition) is 2. The van der Waals surface area contributed by atoms with Crippen molar-refractivity contribution in [1.29, 1.82) is 0 Å². The van der Waals surface area contributed by atoms with Crippen LogP contribution in [0.5, 0.6) is 0 Å². The Morgan fingerprint density at radius 1 is 1.65 bits per heavy atom. The normalized spacial score (nSPS) is 10.1. The molecule has 0 atom stereocenters. The highest BCUT2D eigenvalue weighted by Gasteiger charge is 2.12. The largest absolute Gasteiger partial charge is 0.427 e. The first-order valence-corrected chi connectivity index (χ1v) is 6.34. The third-order valence-electron chi connectivity index (χ3n) is 1.96. The average molecular weight is 279 g/mol. The van der Waals surface area contributed by atoms with E-state index in [0.717, 1.165) is 0 Å². The first-order valence-electron chi connectivity index (χ1n) is 4.98. The molecular weight excluding hydrogens is 264 g/mol. The number of carbonyl (C=O) groups excluding carboxylic acids is 1. The summed E-state index contributed by atoms with van der Waals surface area (Å²) in [4.78, 5) is 16.9. The lowest BCUT2D eigenvalue weighted by atomic mass is 10.6. The van der Waals surface area contributed by atoms with Gasteiger partial charge in [0, 0.05) is 33.3 Å². The highest BCUT2D eigenvalue weighted by molar-refractivity contribution is 7.97. The van der Waals surface area contributed by atoms with Gasteiger partial charge in [-0.2, -0.15) is 4.98 Å². The molecule has 96 valence electrons. The van der Waals surface area contributed by atoms with Gasteiger partial charge in [-0.1, -0.05) is 0 Å². The van der Waals surface area contributed by atoms with Crippen LogP contribution in [0.3, 0.4) is 0 Å². The van der Waals surface area contributed by atoms with Gasteiger partial charge < -0.3 is 14.6 Å². The molecule has 0 aliphatic heterocycles. The Labute approximate surface area is 109 Å². The predicted octanol–water partition coefficient (Wildman–Crippen LogP) is 1.65. The smallest absolute Gasteiger partial charge is 0.324 e. The summed E-state index contributed by atoms with van der Waals surface area (Å²) in [5, 5.41) is 2.75. The SMILES string of the molecule is CNC(=O)NSCCN(C)c1nc(C)oc1Cl. The van der Waals surface area contributed by atoms with Gasteiger partial charge in [-0.25, -0.2) is 4.79 Å². The van der Waals surface area contributed by atoms with Crippen molar-refractivity contribution < 1.29 is 9.21 Å². The Morgan fingerprint density at radius 2 is 2.35 bits per heavy atom. The van der Waals surface area contributed by atoms with Crippen LogP contribution in [-0.4, -0.2) is 37.4 Å². The summed E-state index contributed by atoms with van der Waals surface area (Å²) in [7, 11) is 3.43. The molecule has 6 nitrogen and oxygen atoms in total. The maximum absolute atomic E-state index is 10.9. The second-order valence-electron chi connectivity index (χ2n) is 3.28. The minimum atomic E-state index is -0.215. The van der Waals surface area contributed by atoms with Crippen molar-refractivity contribution in [2.75, 3.05) is 31.3 Å². The van der Waals surface area contributed by atoms with Crippen LogP contribution in [0.1, 0.15) is 5.89 Å². The molecule has 0 aliphatic carbocycles. The summed E-state index contributed by atoms with van der Waals surface area (Å²) in [5.41, 5.74) is 0. The number of amides is 2. The Bertz CT molecular complexity index is 385. The number of halogens is 1. The average Bonchev–Trinajstić information content (AvgIpc) is 2.63. The van der Waals surface area contributed by atoms with Gasteiger partial charge >= 0.3 is 6.03 Å². The van der Waals surface area contributed by atoms with Crippen molar-refractivity contribution in [1.82, 2.24) is 15.0 Å². The monoisotopic (exact) mass is 278 g/mol. The van der Waals surface area contributed by atoms with E-state index in [1.807, 2.05) is 11.9 Å². The van der Waals surface area contributed by atoms with Crippen LogP contribution in [0.25, 0.3) is 0 Å². The number of hydrogen-bond acceptors (Lipinski definition) is 5. The number of nitrogens with one attached hydrogen (secondary N) is 2. The van der Waals surface area contributed by atoms with Gasteiger partial charge in [0.25, 0.3) is 0 Å². The van der Waals surface area contributed by atoms with Gasteiger partial charge in [0.2, 0.25) is 5.22 Å². The third-order valence-corrected chi connectivity index (χ3v) is 2.92. The van der Waals surface area contributed by atoms with Gasteiger partial charge in [0.05, 0.1) is 0 Å². The second kappa shape index (κ2) is 6.61. The first-order chi connectivity index (χ1) is 8.04. The van der Waals surface area contributed by atoms with Crippen LogP contribution in [0.4, 0.5) is 10.6 Å². The number of nitrogens with zero attached hydrogens (tertiary/aromatic N) is 2. The van der Waals surface area contributed by atoms with E-state index in [-0.39, 0.29) is 11.3 Å². The molecule has 0 saturated heterocycles. The van der Waals surface area contributed by atoms with Gasteiger partial charge in [0.15, 0.2) is 11.7 Å². The molecule has 1 aromatic rings. The zero-order valence-corrected chi connectivity index (χ0v) is 11.5. The highest BCUT2D eigenvalue weighted by atomic mass is 35.5. The van der Waals surface area contributed by atoms with Gasteiger partial charge in [-0.05, 0) is 23.5 Å². The molecule has 0 aromatic carbocycles. The van der Waals surface area contributed by atoms with Crippen LogP contribution in [-0.2, 0) is 0 Å². The number of aryl methyl sites for hydroxylation is 1. The van der Waals surface area contributed by atoms with E-state index in [9.17, 15) is 4.79 Å². The third kappa shape index (κ3) is 4.35. The van der Waals surface area contributed by atoms with Crippen molar-refractivity contribution in [2.45, 2.75) is 6.92 Å². The summed E-state index contributed by atoms with van der Waals surface area (Å²) in [6, 6.07) is -0.215. The summed E-state index contributed by atoms with van der Waals surface area (Å²) in [5.74, 6) is 1.87. The van der Waals surface area contributed by atoms with Gasteiger partial charge in [0.1, 0.15) is 0 Å². The van der Waals surface area contributed by atoms with E-state index in [4.69, 9.17) is 16.0 Å². The van der Waals surface area contributed by atoms with E-state index in [1.54, 1.807) is 14.0 Å². The van der Waals surface area contributed by atoms with Crippen LogP contribution in [0.2, 0.25) is 5.22 Å². The molecule has 2 N–H and O–H groups in total. The molecule has 1 heterocycles. The molecule has 1 rings (SSSR count). The molecule has 8 heteroatoms. The van der Waals surface area contributed by atoms with Gasteiger partial charge in [-0.15, -0.1) is 0 Å². The molecule has 2 amide bonds. The fourth-order valence-electron chi connectivity index (χ4n) is 1.08. The van der Waals surface area contributed by atoms with Crippen molar-refractivity contribution >= 4 is 35.4 Å². The van der Waals surface area contributed by atoms with E-state index in [2.05, 4.69) is 15.0 Å². The Kier molecular flexibility index (Phi) is 5.43. The molecule has 0 bridgehead atoms. The van der Waals surface area contributed by atoms with Crippen LogP contribution >= 0.6 is 23.5 Å². The van der Waals surface area contributed by atoms with Crippen molar-refractivity contribution in [3.05, 3.63) is 11.1 Å². The number of oxazole rings is 1. The maximum Gasteiger partial charge on any atom is 0.324 e. The molecule has 0 spiro atoms. The highest BCUT2D eigenvalue weighted by Crippen LogP contribution is 2.24. The number of rotatable bonds is 5. The summed E-state index contributed by atoms with van der Waals surface area (Å²) in [6.45, 7) is 2.44. The Morgan fingerprint density at radius 3 is 2.88 bits per heavy atom. The van der Waals surface area contributed by atoms with E-state index in [0.29, 0.717) is 24.0 Å². The Hall–Kier alpha value is -1.08. The lowest BCUT2D eigenvalue weighted by Crippen LogP contribution is -2.29. The lowest BCUT2D eigenvalue weighted by molar-refractivity contribution is 0.248. The fourth-order valence-corrected chi connectivity index (χ4v) is 2.08. The van der Waals surface area contributed by atoms with Crippen molar-refractivity contribution in [3.8, 4) is 0 Å². The zero-order valence-electron chi connectivity index (χ0n) is 9.91. The minimum Gasteiger partial charge on any atom is -0.427 e. The van der Waals surface area contributed by atoms with Crippen LogP contribution < -0.4 is 14.9 Å². The maximum atomic E-state index is 10.9. The Balaban J connectivity index is 2.32. The fraction of sp³-hybridized carbons (Fsp3) is 0.556. The molecule has 17 heavy (non-hydrogen) atoms. The van der Waals surface area contributed by atoms with E-state index >= 15 is 0 Å². The quantitative estimate of drug-likeness (QED) is 0.633. The van der Waals surface area contributed by atoms with E-state index in [1.165, 1.54) is 11.9 Å². The number of urea groups is 1. The molecule has 0 unspecified atom stereocenters. The van der Waals surface area contributed by atoms with Gasteiger partial charge in [-0.3, -0.25) is 4.72 Å². The number of carbonyl (C=O) groups is 1. The molecule has 0 saturated carbocycles. The molecule has 0 aliphatic rings. The number of aromatic nitrogens is 1. The second-order valence-corrected chi connectivity index (χ2v) is 4.53. The molecular formula is C9H15ClN4O2S. The summed E-state index contributed by atoms with van der Waals surface area (Å²) in [6.07, 6.45) is 0. The van der Waals surface area contributed by atoms with Crippen molar-refractivity contribution in [2.24, 2.45) is 0 Å². The minimum absolute atomic E-state index is 0.215. The van der Waals surface area contributed by atoms with E-state index < -0.39 is 0 Å². The van der Waals surface area contributed by atoms with Crippen LogP contribution in [0.15, 0.2) is 4.42 Å². The predicted molar refractivity (Wildman–Crippen MR) is 69.6 cm³/mol. The van der Waals surface area contributed by atoms with Crippen molar-refractivity contribution in [3.63, 3.8) is 0 Å². The molecule has 0 radical (unpaired) electrons. The zero-order chi connectivity index (χ0) is 12.8. The first kappa shape index (κ1) is 14.0. The number of anilines is 1. The van der Waals surface area contributed by atoms with Crippen LogP contribution in [0, 0.1) is 6.92 Å². The molecule has 1 aromatic heterocycles. The topological polar surface area (TPSA) is 70.4 Å². The summed E-state index contributed by atoms with van der Waals surface area (Å²) >= 11 is 7.18. The lowest BCUT2D eigenvalue weighted by Gasteiger charge is -2.15. The standard InChI is InChI=1S/C9H15ClN4O2S/c1-6-12-8(7(10)16-6)14(3)4-5-17-13-9(15)11-2/h4-5H2,1-3H3,(H2,11,13,15).